The van der Waals surface area contributed by atoms with Crippen LogP contribution in [0.15, 0.2) is 42.5 Å². The number of nitrogens with zero attached hydrogens (tertiary/aromatic N) is 2. The number of H-pyrrole nitrogens is 1. The second-order valence-electron chi connectivity index (χ2n) is 9.46. The minimum atomic E-state index is -4.61. The summed E-state index contributed by atoms with van der Waals surface area (Å²) in [6.45, 7) is 7.56. The number of aryl methyl sites for hydroxylation is 2. The highest BCUT2D eigenvalue weighted by molar-refractivity contribution is 6.09. The number of amides is 1. The number of nitrogens with one attached hydrogen (secondary N) is 3. The Morgan fingerprint density at radius 1 is 1.08 bits per heavy atom. The van der Waals surface area contributed by atoms with E-state index in [1.165, 1.54) is 24.3 Å². The zero-order valence-electron chi connectivity index (χ0n) is 20.1. The Morgan fingerprint density at radius 3 is 2.56 bits per heavy atom. The van der Waals surface area contributed by atoms with Crippen molar-refractivity contribution >= 4 is 34.3 Å². The van der Waals surface area contributed by atoms with E-state index in [-0.39, 0.29) is 11.3 Å². The number of para-hydroxylation sites is 1. The molecule has 5 rings (SSSR count). The van der Waals surface area contributed by atoms with E-state index in [0.717, 1.165) is 28.7 Å². The first-order chi connectivity index (χ1) is 16.9. The largest absolute Gasteiger partial charge is 0.486 e. The fourth-order valence-corrected chi connectivity index (χ4v) is 4.43. The first-order valence-corrected chi connectivity index (χ1v) is 11.3. The normalized spacial score (nSPS) is 14.4. The average Bonchev–Trinajstić information content (AvgIpc) is 3.33. The molecule has 0 fully saturated rings. The second kappa shape index (κ2) is 8.25. The van der Waals surface area contributed by atoms with Gasteiger partial charge in [-0.05, 0) is 58.0 Å². The number of aromatic amines is 1. The number of carbonyl (C=O) groups is 1. The van der Waals surface area contributed by atoms with Crippen LogP contribution in [0.4, 0.5) is 30.5 Å². The van der Waals surface area contributed by atoms with Crippen LogP contribution in [0.2, 0.25) is 0 Å². The highest BCUT2D eigenvalue weighted by atomic mass is 19.4. The van der Waals surface area contributed by atoms with E-state index in [1.54, 1.807) is 0 Å². The smallest absolute Gasteiger partial charge is 0.418 e. The van der Waals surface area contributed by atoms with Crippen molar-refractivity contribution < 1.29 is 22.7 Å². The molecule has 10 heteroatoms. The lowest BCUT2D eigenvalue weighted by molar-refractivity contribution is -0.136. The van der Waals surface area contributed by atoms with Crippen LogP contribution < -0.4 is 15.4 Å². The molecular weight excluding hydrogens is 471 g/mol. The molecule has 0 spiro atoms. The van der Waals surface area contributed by atoms with Crippen LogP contribution in [0.5, 0.6) is 5.75 Å². The van der Waals surface area contributed by atoms with Crippen molar-refractivity contribution in [2.45, 2.75) is 45.9 Å². The van der Waals surface area contributed by atoms with Gasteiger partial charge in [-0.3, -0.25) is 9.78 Å². The van der Waals surface area contributed by atoms with E-state index in [0.29, 0.717) is 29.2 Å². The summed E-state index contributed by atoms with van der Waals surface area (Å²) in [6, 6.07) is 10.2. The summed E-state index contributed by atoms with van der Waals surface area (Å²) in [4.78, 5) is 25.6. The Balaban J connectivity index is 1.56. The van der Waals surface area contributed by atoms with Crippen LogP contribution >= 0.6 is 0 Å². The van der Waals surface area contributed by atoms with Crippen LogP contribution in [0.3, 0.4) is 0 Å². The Morgan fingerprint density at radius 2 is 1.83 bits per heavy atom. The number of carbonyl (C=O) groups excluding carboxylic acids is 1. The fraction of sp³-hybridized carbons (Fsp3) is 0.269. The molecule has 3 N–H and O–H groups in total. The number of halogens is 3. The monoisotopic (exact) mass is 495 g/mol. The van der Waals surface area contributed by atoms with Gasteiger partial charge < -0.3 is 20.4 Å². The molecule has 0 saturated carbocycles. The van der Waals surface area contributed by atoms with Crippen LogP contribution in [0.25, 0.3) is 11.0 Å². The molecule has 0 unspecified atom stereocenters. The Bertz CT molecular complexity index is 1510. The van der Waals surface area contributed by atoms with Gasteiger partial charge in [0.25, 0.3) is 5.91 Å². The number of alkyl halides is 3. The lowest BCUT2D eigenvalue weighted by Gasteiger charge is -2.18. The zero-order valence-corrected chi connectivity index (χ0v) is 20.1. The number of rotatable bonds is 4. The minimum Gasteiger partial charge on any atom is -0.486 e. The van der Waals surface area contributed by atoms with Gasteiger partial charge >= 0.3 is 6.18 Å². The molecule has 0 aliphatic carbocycles. The predicted molar refractivity (Wildman–Crippen MR) is 131 cm³/mol. The summed E-state index contributed by atoms with van der Waals surface area (Å²) in [5.41, 5.74) is 2.65. The van der Waals surface area contributed by atoms with Crippen LogP contribution in [-0.2, 0) is 12.6 Å². The number of aromatic nitrogens is 3. The molecule has 4 aromatic rings. The molecule has 7 nitrogen and oxygen atoms in total. The van der Waals surface area contributed by atoms with Crippen molar-refractivity contribution in [3.63, 3.8) is 0 Å². The van der Waals surface area contributed by atoms with Gasteiger partial charge in [-0.1, -0.05) is 12.1 Å². The fourth-order valence-electron chi connectivity index (χ4n) is 4.43. The molecule has 186 valence electrons. The van der Waals surface area contributed by atoms with Crippen LogP contribution in [-0.4, -0.2) is 26.5 Å². The van der Waals surface area contributed by atoms with E-state index in [1.807, 2.05) is 39.8 Å². The van der Waals surface area contributed by atoms with Gasteiger partial charge in [0.1, 0.15) is 11.4 Å². The number of anilines is 3. The van der Waals surface area contributed by atoms with Gasteiger partial charge in [0.2, 0.25) is 5.95 Å². The van der Waals surface area contributed by atoms with Gasteiger partial charge in [0.15, 0.2) is 0 Å². The predicted octanol–water partition coefficient (Wildman–Crippen LogP) is 6.30. The minimum absolute atomic E-state index is 0.117. The number of imidazole rings is 1. The lowest BCUT2D eigenvalue weighted by Crippen LogP contribution is -2.25. The van der Waals surface area contributed by atoms with Gasteiger partial charge in [-0.25, -0.2) is 4.98 Å². The average molecular weight is 496 g/mol. The first-order valence-electron chi connectivity index (χ1n) is 11.3. The topological polar surface area (TPSA) is 91.9 Å². The number of hydrogen-bond acceptors (Lipinski definition) is 5. The van der Waals surface area contributed by atoms with Crippen molar-refractivity contribution in [2.75, 3.05) is 10.6 Å². The maximum Gasteiger partial charge on any atom is 0.418 e. The zero-order chi connectivity index (χ0) is 25.8. The standard InChI is InChI=1S/C26H24F3N5O2/c1-13-9-10-18(14(2)30-13)32-24-33-20-11-15(22-16(21(20)34-24)12-25(3,4)36-22)23(35)31-19-8-6-5-7-17(19)26(27,28)29/h5-11H,12H2,1-4H3,(H,31,35)(H2,32,33,34). The molecule has 0 radical (unpaired) electrons. The van der Waals surface area contributed by atoms with Gasteiger partial charge in [0.05, 0.1) is 39.2 Å². The van der Waals surface area contributed by atoms with Crippen molar-refractivity contribution in [1.82, 2.24) is 15.0 Å². The second-order valence-corrected chi connectivity index (χ2v) is 9.46. The highest BCUT2D eigenvalue weighted by Crippen LogP contribution is 2.43. The summed E-state index contributed by atoms with van der Waals surface area (Å²) in [5.74, 6) is 0.0714. The molecule has 1 amide bonds. The summed E-state index contributed by atoms with van der Waals surface area (Å²) in [6.07, 6.45) is -4.12. The molecule has 3 heterocycles. The Labute approximate surface area is 205 Å². The van der Waals surface area contributed by atoms with Crippen molar-refractivity contribution in [1.29, 1.82) is 0 Å². The maximum absolute atomic E-state index is 13.5. The third-order valence-corrected chi connectivity index (χ3v) is 6.02. The van der Waals surface area contributed by atoms with Gasteiger partial charge in [0, 0.05) is 17.7 Å². The molecule has 2 aromatic carbocycles. The molecule has 1 aliphatic rings. The molecular formula is C26H24F3N5O2. The summed E-state index contributed by atoms with van der Waals surface area (Å²) in [7, 11) is 0. The number of ether oxygens (including phenoxy) is 1. The Hall–Kier alpha value is -4.08. The molecule has 36 heavy (non-hydrogen) atoms. The lowest BCUT2D eigenvalue weighted by atomic mass is 9.98. The van der Waals surface area contributed by atoms with Gasteiger partial charge in [-0.2, -0.15) is 13.2 Å². The summed E-state index contributed by atoms with van der Waals surface area (Å²) >= 11 is 0. The SMILES string of the molecule is Cc1ccc(Nc2nc3cc(C(=O)Nc4ccccc4C(F)(F)F)c4c(c3[nH]2)CC(C)(C)O4)c(C)n1. The quantitative estimate of drug-likeness (QED) is 0.309. The van der Waals surface area contributed by atoms with Crippen molar-refractivity contribution in [3.8, 4) is 5.75 Å². The number of fused-ring (bicyclic) bond motifs is 3. The van der Waals surface area contributed by atoms with E-state index in [2.05, 4.69) is 25.6 Å². The Kier molecular flexibility index (Phi) is 5.42. The van der Waals surface area contributed by atoms with E-state index in [4.69, 9.17) is 4.74 Å². The van der Waals surface area contributed by atoms with Crippen molar-refractivity contribution in [3.05, 3.63) is 70.5 Å². The van der Waals surface area contributed by atoms with E-state index < -0.39 is 23.2 Å². The highest BCUT2D eigenvalue weighted by Gasteiger charge is 2.37. The molecule has 1 aliphatic heterocycles. The molecule has 0 atom stereocenters. The maximum atomic E-state index is 13.5. The molecule has 2 aromatic heterocycles. The molecule has 0 bridgehead atoms. The van der Waals surface area contributed by atoms with E-state index >= 15 is 0 Å². The summed E-state index contributed by atoms with van der Waals surface area (Å²) in [5, 5.41) is 5.63. The first kappa shape index (κ1) is 23.7. The van der Waals surface area contributed by atoms with Crippen LogP contribution in [0.1, 0.15) is 46.7 Å². The number of pyridine rings is 1. The van der Waals surface area contributed by atoms with Crippen molar-refractivity contribution in [2.24, 2.45) is 0 Å². The third-order valence-electron chi connectivity index (χ3n) is 6.02. The summed E-state index contributed by atoms with van der Waals surface area (Å²) < 4.78 is 46.5. The van der Waals surface area contributed by atoms with Crippen LogP contribution in [0, 0.1) is 13.8 Å². The number of benzene rings is 2. The van der Waals surface area contributed by atoms with E-state index in [9.17, 15) is 18.0 Å². The molecule has 0 saturated heterocycles. The third kappa shape index (κ3) is 4.34. The number of hydrogen-bond donors (Lipinski definition) is 3. The van der Waals surface area contributed by atoms with Gasteiger partial charge in [-0.15, -0.1) is 0 Å².